The van der Waals surface area contributed by atoms with Gasteiger partial charge in [0.2, 0.25) is 0 Å². The third-order valence-electron chi connectivity index (χ3n) is 2.79. The van der Waals surface area contributed by atoms with Crippen molar-refractivity contribution in [3.05, 3.63) is 28.3 Å². The number of hydrogen-bond acceptors (Lipinski definition) is 3. The fraction of sp³-hybridized carbons (Fsp3) is 0.500. The first-order valence-corrected chi connectivity index (χ1v) is 5.75. The van der Waals surface area contributed by atoms with E-state index in [1.807, 2.05) is 19.1 Å². The van der Waals surface area contributed by atoms with E-state index >= 15 is 0 Å². The molecular formula is C12H16ClNO2. The lowest BCUT2D eigenvalue weighted by atomic mass is 10.0. The summed E-state index contributed by atoms with van der Waals surface area (Å²) in [6.45, 7) is 4.26. The number of benzene rings is 1. The van der Waals surface area contributed by atoms with Crippen molar-refractivity contribution in [2.24, 2.45) is 0 Å². The Morgan fingerprint density at radius 2 is 2.31 bits per heavy atom. The molecule has 0 bridgehead atoms. The van der Waals surface area contributed by atoms with Crippen molar-refractivity contribution in [2.75, 3.05) is 26.9 Å². The van der Waals surface area contributed by atoms with Gasteiger partial charge >= 0.3 is 0 Å². The summed E-state index contributed by atoms with van der Waals surface area (Å²) in [5.41, 5.74) is 2.08. The molecule has 1 aliphatic heterocycles. The van der Waals surface area contributed by atoms with Crippen molar-refractivity contribution < 1.29 is 9.47 Å². The van der Waals surface area contributed by atoms with Crippen LogP contribution in [0.15, 0.2) is 12.1 Å². The van der Waals surface area contributed by atoms with Crippen LogP contribution in [0.1, 0.15) is 17.2 Å². The fourth-order valence-corrected chi connectivity index (χ4v) is 2.14. The highest BCUT2D eigenvalue weighted by atomic mass is 35.5. The average Bonchev–Trinajstić information content (AvgIpc) is 2.33. The number of morpholine rings is 1. The molecule has 88 valence electrons. The molecule has 1 unspecified atom stereocenters. The second-order valence-corrected chi connectivity index (χ2v) is 4.31. The summed E-state index contributed by atoms with van der Waals surface area (Å²) < 4.78 is 10.7. The Labute approximate surface area is 101 Å². The number of hydrogen-bond donors (Lipinski definition) is 1. The smallest absolute Gasteiger partial charge is 0.119 e. The van der Waals surface area contributed by atoms with Crippen LogP contribution >= 0.6 is 11.6 Å². The van der Waals surface area contributed by atoms with Gasteiger partial charge in [-0.15, -0.1) is 0 Å². The van der Waals surface area contributed by atoms with Gasteiger partial charge in [-0.1, -0.05) is 11.6 Å². The Morgan fingerprint density at radius 1 is 1.50 bits per heavy atom. The van der Waals surface area contributed by atoms with E-state index in [4.69, 9.17) is 21.1 Å². The van der Waals surface area contributed by atoms with Gasteiger partial charge in [0, 0.05) is 11.6 Å². The normalized spacial score (nSPS) is 20.8. The van der Waals surface area contributed by atoms with E-state index in [1.54, 1.807) is 7.11 Å². The second kappa shape index (κ2) is 5.04. The van der Waals surface area contributed by atoms with Crippen molar-refractivity contribution >= 4 is 11.6 Å². The minimum absolute atomic E-state index is 0.162. The molecule has 1 fully saturated rings. The predicted molar refractivity (Wildman–Crippen MR) is 64.3 cm³/mol. The van der Waals surface area contributed by atoms with Gasteiger partial charge in [0.1, 0.15) is 5.75 Å². The van der Waals surface area contributed by atoms with Gasteiger partial charge in [-0.05, 0) is 30.2 Å². The summed E-state index contributed by atoms with van der Waals surface area (Å²) in [5, 5.41) is 4.18. The van der Waals surface area contributed by atoms with Crippen molar-refractivity contribution in [1.82, 2.24) is 5.32 Å². The van der Waals surface area contributed by atoms with Crippen molar-refractivity contribution in [2.45, 2.75) is 13.0 Å². The van der Waals surface area contributed by atoms with Crippen LogP contribution in [0.5, 0.6) is 5.75 Å². The maximum atomic E-state index is 6.30. The monoisotopic (exact) mass is 241 g/mol. The van der Waals surface area contributed by atoms with Gasteiger partial charge in [-0.2, -0.15) is 0 Å². The van der Waals surface area contributed by atoms with Gasteiger partial charge in [0.15, 0.2) is 0 Å². The van der Waals surface area contributed by atoms with Gasteiger partial charge in [0.25, 0.3) is 0 Å². The predicted octanol–water partition coefficient (Wildman–Crippen LogP) is 2.32. The quantitative estimate of drug-likeness (QED) is 0.862. The first-order chi connectivity index (χ1) is 7.72. The molecule has 0 radical (unpaired) electrons. The molecule has 4 heteroatoms. The lowest BCUT2D eigenvalue weighted by Gasteiger charge is -2.25. The van der Waals surface area contributed by atoms with Crippen LogP contribution in [-0.4, -0.2) is 26.9 Å². The van der Waals surface area contributed by atoms with Gasteiger partial charge < -0.3 is 14.8 Å². The fourth-order valence-electron chi connectivity index (χ4n) is 1.90. The molecule has 3 nitrogen and oxygen atoms in total. The zero-order valence-electron chi connectivity index (χ0n) is 9.55. The van der Waals surface area contributed by atoms with E-state index in [1.165, 1.54) is 0 Å². The highest BCUT2D eigenvalue weighted by molar-refractivity contribution is 6.32. The van der Waals surface area contributed by atoms with E-state index in [-0.39, 0.29) is 6.04 Å². The molecule has 0 aromatic heterocycles. The molecule has 1 atom stereocenters. The van der Waals surface area contributed by atoms with Crippen molar-refractivity contribution in [1.29, 1.82) is 0 Å². The third kappa shape index (κ3) is 2.32. The maximum Gasteiger partial charge on any atom is 0.119 e. The molecule has 1 heterocycles. The minimum atomic E-state index is 0.162. The first kappa shape index (κ1) is 11.7. The number of ether oxygens (including phenoxy) is 2. The Morgan fingerprint density at radius 3 is 2.94 bits per heavy atom. The molecule has 0 saturated carbocycles. The van der Waals surface area contributed by atoms with Crippen molar-refractivity contribution in [3.63, 3.8) is 0 Å². The Hall–Kier alpha value is -0.770. The first-order valence-electron chi connectivity index (χ1n) is 5.37. The summed E-state index contributed by atoms with van der Waals surface area (Å²) in [5.74, 6) is 0.837. The minimum Gasteiger partial charge on any atom is -0.497 e. The number of aryl methyl sites for hydroxylation is 1. The van der Waals surface area contributed by atoms with E-state index in [0.717, 1.165) is 35.1 Å². The van der Waals surface area contributed by atoms with Crippen LogP contribution in [-0.2, 0) is 4.74 Å². The zero-order chi connectivity index (χ0) is 11.5. The van der Waals surface area contributed by atoms with E-state index in [2.05, 4.69) is 5.32 Å². The highest BCUT2D eigenvalue weighted by Crippen LogP contribution is 2.31. The van der Waals surface area contributed by atoms with E-state index in [0.29, 0.717) is 6.61 Å². The van der Waals surface area contributed by atoms with Crippen LogP contribution in [0, 0.1) is 6.92 Å². The number of nitrogens with one attached hydrogen (secondary N) is 1. The number of methoxy groups -OCH3 is 1. The topological polar surface area (TPSA) is 30.5 Å². The molecule has 1 aromatic rings. The van der Waals surface area contributed by atoms with Crippen LogP contribution in [0.25, 0.3) is 0 Å². The highest BCUT2D eigenvalue weighted by Gasteiger charge is 2.19. The Bertz CT molecular complexity index is 376. The molecule has 0 amide bonds. The second-order valence-electron chi connectivity index (χ2n) is 3.93. The number of rotatable bonds is 2. The largest absolute Gasteiger partial charge is 0.497 e. The van der Waals surface area contributed by atoms with Crippen LogP contribution in [0.3, 0.4) is 0 Å². The zero-order valence-corrected chi connectivity index (χ0v) is 10.3. The maximum absolute atomic E-state index is 6.30. The summed E-state index contributed by atoms with van der Waals surface area (Å²) in [6, 6.07) is 4.08. The van der Waals surface area contributed by atoms with Crippen LogP contribution in [0.4, 0.5) is 0 Å². The van der Waals surface area contributed by atoms with E-state index in [9.17, 15) is 0 Å². The van der Waals surface area contributed by atoms with Gasteiger partial charge in [0.05, 0.1) is 26.4 Å². The summed E-state index contributed by atoms with van der Waals surface area (Å²) in [4.78, 5) is 0. The van der Waals surface area contributed by atoms with Crippen molar-refractivity contribution in [3.8, 4) is 5.75 Å². The molecule has 1 aromatic carbocycles. The number of halogens is 1. The third-order valence-corrected chi connectivity index (χ3v) is 3.31. The summed E-state index contributed by atoms with van der Waals surface area (Å²) in [6.07, 6.45) is 0. The SMILES string of the molecule is COc1cc(C)c(Cl)c(C2COCCN2)c1. The van der Waals surface area contributed by atoms with Gasteiger partial charge in [-0.3, -0.25) is 0 Å². The molecule has 0 aliphatic carbocycles. The lowest BCUT2D eigenvalue weighted by molar-refractivity contribution is 0.0768. The lowest BCUT2D eigenvalue weighted by Crippen LogP contribution is -2.34. The van der Waals surface area contributed by atoms with Crippen LogP contribution in [0.2, 0.25) is 5.02 Å². The molecule has 16 heavy (non-hydrogen) atoms. The van der Waals surface area contributed by atoms with Gasteiger partial charge in [-0.25, -0.2) is 0 Å². The molecule has 1 aliphatic rings. The summed E-state index contributed by atoms with van der Waals surface area (Å²) >= 11 is 6.30. The molecule has 0 spiro atoms. The van der Waals surface area contributed by atoms with E-state index < -0.39 is 0 Å². The molecule has 1 saturated heterocycles. The standard InChI is InChI=1S/C12H16ClNO2/c1-8-5-9(15-2)6-10(12(8)13)11-7-16-4-3-14-11/h5-6,11,14H,3-4,7H2,1-2H3. The molecule has 1 N–H and O–H groups in total. The molecular weight excluding hydrogens is 226 g/mol. The van der Waals surface area contributed by atoms with Crippen LogP contribution < -0.4 is 10.1 Å². The molecule has 2 rings (SSSR count). The Balaban J connectivity index is 2.33. The Kier molecular flexibility index (Phi) is 3.69. The average molecular weight is 242 g/mol. The summed E-state index contributed by atoms with van der Waals surface area (Å²) in [7, 11) is 1.66.